The van der Waals surface area contributed by atoms with Gasteiger partial charge in [-0.15, -0.1) is 0 Å². The number of allylic oxidation sites excluding steroid dienone is 2. The minimum atomic E-state index is -4.90. The molecule has 0 aromatic heterocycles. The van der Waals surface area contributed by atoms with Crippen molar-refractivity contribution in [2.45, 2.75) is 6.18 Å². The molecule has 5 heteroatoms. The Bertz CT molecular complexity index is 415. The Balaban J connectivity index is 3.28. The maximum Gasteiger partial charge on any atom is 0.450 e. The second-order valence-corrected chi connectivity index (χ2v) is 2.70. The second-order valence-electron chi connectivity index (χ2n) is 2.70. The van der Waals surface area contributed by atoms with Crippen LogP contribution in [0.15, 0.2) is 36.1 Å². The molecule has 1 aromatic rings. The van der Waals surface area contributed by atoms with Crippen LogP contribution in [0.3, 0.4) is 0 Å². The molecule has 78 valence electrons. The predicted octanol–water partition coefficient (Wildman–Crippen LogP) is 3.04. The minimum Gasteiger partial charge on any atom is -0.503 e. The average molecular weight is 213 g/mol. The van der Waals surface area contributed by atoms with E-state index in [4.69, 9.17) is 10.4 Å². The van der Waals surface area contributed by atoms with Crippen molar-refractivity contribution >= 4 is 5.57 Å². The van der Waals surface area contributed by atoms with Crippen LogP contribution in [0.5, 0.6) is 0 Å². The number of benzene rings is 1. The molecule has 0 amide bonds. The van der Waals surface area contributed by atoms with E-state index >= 15 is 0 Å². The Labute approximate surface area is 83.9 Å². The monoisotopic (exact) mass is 213 g/mol. The van der Waals surface area contributed by atoms with Gasteiger partial charge < -0.3 is 5.11 Å². The summed E-state index contributed by atoms with van der Waals surface area (Å²) >= 11 is 0. The van der Waals surface area contributed by atoms with Crippen LogP contribution in [0.25, 0.3) is 5.57 Å². The van der Waals surface area contributed by atoms with Crippen LogP contribution in [0.1, 0.15) is 5.56 Å². The van der Waals surface area contributed by atoms with Crippen molar-refractivity contribution in [1.29, 1.82) is 5.26 Å². The predicted molar refractivity (Wildman–Crippen MR) is 47.7 cm³/mol. The molecule has 1 aromatic carbocycles. The highest BCUT2D eigenvalue weighted by Gasteiger charge is 2.37. The number of nitriles is 1. The maximum atomic E-state index is 12.1. The summed E-state index contributed by atoms with van der Waals surface area (Å²) in [7, 11) is 0. The SMILES string of the molecule is N#C/C(=C(/O)C(F)(F)F)c1ccccc1. The molecule has 0 fully saturated rings. The van der Waals surface area contributed by atoms with Crippen molar-refractivity contribution in [2.75, 3.05) is 0 Å². The van der Waals surface area contributed by atoms with Crippen molar-refractivity contribution in [3.8, 4) is 6.07 Å². The molecule has 0 aliphatic rings. The molecule has 1 rings (SSSR count). The van der Waals surface area contributed by atoms with Gasteiger partial charge >= 0.3 is 6.18 Å². The van der Waals surface area contributed by atoms with Gasteiger partial charge in [-0.25, -0.2) is 0 Å². The summed E-state index contributed by atoms with van der Waals surface area (Å²) in [6.45, 7) is 0. The van der Waals surface area contributed by atoms with Gasteiger partial charge in [-0.1, -0.05) is 30.3 Å². The lowest BCUT2D eigenvalue weighted by atomic mass is 10.1. The fourth-order valence-electron chi connectivity index (χ4n) is 1.00. The Morgan fingerprint density at radius 2 is 1.73 bits per heavy atom. The number of aliphatic hydroxyl groups is 1. The number of hydrogen-bond acceptors (Lipinski definition) is 2. The van der Waals surface area contributed by atoms with Crippen LogP contribution in [0.4, 0.5) is 13.2 Å². The van der Waals surface area contributed by atoms with E-state index in [0.29, 0.717) is 0 Å². The maximum absolute atomic E-state index is 12.1. The van der Waals surface area contributed by atoms with Gasteiger partial charge in [0.1, 0.15) is 11.6 Å². The molecule has 1 N–H and O–H groups in total. The third-order valence-corrected chi connectivity index (χ3v) is 1.68. The molecule has 0 bridgehead atoms. The standard InChI is InChI=1S/C10H6F3NO/c11-10(12,13)9(15)8(6-14)7-4-2-1-3-5-7/h1-5,15H/b9-8-. The van der Waals surface area contributed by atoms with Gasteiger partial charge in [0.05, 0.1) is 0 Å². The van der Waals surface area contributed by atoms with Crippen molar-refractivity contribution < 1.29 is 18.3 Å². The van der Waals surface area contributed by atoms with Gasteiger partial charge in [-0.3, -0.25) is 0 Å². The second kappa shape index (κ2) is 4.05. The van der Waals surface area contributed by atoms with Crippen molar-refractivity contribution in [2.24, 2.45) is 0 Å². The Hall–Kier alpha value is -1.96. The summed E-state index contributed by atoms with van der Waals surface area (Å²) in [6, 6.07) is 8.54. The molecule has 2 nitrogen and oxygen atoms in total. The summed E-state index contributed by atoms with van der Waals surface area (Å²) in [5.74, 6) is -1.86. The highest BCUT2D eigenvalue weighted by molar-refractivity contribution is 5.78. The third-order valence-electron chi connectivity index (χ3n) is 1.68. The fourth-order valence-corrected chi connectivity index (χ4v) is 1.00. The van der Waals surface area contributed by atoms with Crippen LogP contribution in [-0.4, -0.2) is 11.3 Å². The van der Waals surface area contributed by atoms with Crippen molar-refractivity contribution in [3.63, 3.8) is 0 Å². The van der Waals surface area contributed by atoms with Gasteiger partial charge in [-0.05, 0) is 5.56 Å². The number of aliphatic hydroxyl groups excluding tert-OH is 1. The smallest absolute Gasteiger partial charge is 0.450 e. The lowest BCUT2D eigenvalue weighted by Gasteiger charge is -2.07. The molecular formula is C10H6F3NO. The van der Waals surface area contributed by atoms with Crippen LogP contribution in [-0.2, 0) is 0 Å². The van der Waals surface area contributed by atoms with Crippen molar-refractivity contribution in [3.05, 3.63) is 41.7 Å². The van der Waals surface area contributed by atoms with Gasteiger partial charge in [0, 0.05) is 0 Å². The fraction of sp³-hybridized carbons (Fsp3) is 0.100. The summed E-state index contributed by atoms with van der Waals surface area (Å²) in [4.78, 5) is 0. The summed E-state index contributed by atoms with van der Waals surface area (Å²) in [6.07, 6.45) is -4.90. The van der Waals surface area contributed by atoms with Crippen LogP contribution in [0.2, 0.25) is 0 Å². The first-order chi connectivity index (χ1) is 6.96. The first kappa shape index (κ1) is 11.1. The molecule has 15 heavy (non-hydrogen) atoms. The summed E-state index contributed by atoms with van der Waals surface area (Å²) in [5, 5.41) is 17.4. The normalized spacial score (nSPS) is 12.9. The van der Waals surface area contributed by atoms with E-state index in [-0.39, 0.29) is 5.56 Å². The topological polar surface area (TPSA) is 44.0 Å². The molecule has 0 unspecified atom stereocenters. The number of rotatable bonds is 1. The largest absolute Gasteiger partial charge is 0.503 e. The van der Waals surface area contributed by atoms with E-state index < -0.39 is 17.5 Å². The quantitative estimate of drug-likeness (QED) is 0.575. The lowest BCUT2D eigenvalue weighted by Crippen LogP contribution is -2.13. The molecule has 0 atom stereocenters. The van der Waals surface area contributed by atoms with Crippen LogP contribution in [0, 0.1) is 11.3 Å². The molecule has 0 heterocycles. The van der Waals surface area contributed by atoms with Gasteiger partial charge in [0.2, 0.25) is 5.76 Å². The number of alkyl halides is 3. The summed E-state index contributed by atoms with van der Waals surface area (Å²) in [5.41, 5.74) is -0.738. The molecular weight excluding hydrogens is 207 g/mol. The first-order valence-electron chi connectivity index (χ1n) is 3.92. The van der Waals surface area contributed by atoms with E-state index in [2.05, 4.69) is 0 Å². The molecule has 0 saturated carbocycles. The number of hydrogen-bond donors (Lipinski definition) is 1. The van der Waals surface area contributed by atoms with Gasteiger partial charge in [0.25, 0.3) is 0 Å². The highest BCUT2D eigenvalue weighted by Crippen LogP contribution is 2.29. The first-order valence-corrected chi connectivity index (χ1v) is 3.92. The Morgan fingerprint density at radius 3 is 2.13 bits per heavy atom. The number of nitrogens with zero attached hydrogens (tertiary/aromatic N) is 1. The molecule has 0 saturated heterocycles. The third kappa shape index (κ3) is 2.50. The average Bonchev–Trinajstić information content (AvgIpc) is 2.19. The highest BCUT2D eigenvalue weighted by atomic mass is 19.4. The van der Waals surface area contributed by atoms with E-state index in [0.717, 1.165) is 0 Å². The van der Waals surface area contributed by atoms with Gasteiger partial charge in [0.15, 0.2) is 0 Å². The van der Waals surface area contributed by atoms with Gasteiger partial charge in [-0.2, -0.15) is 18.4 Å². The molecule has 0 aliphatic carbocycles. The minimum absolute atomic E-state index is 0.0369. The van der Waals surface area contributed by atoms with E-state index in [9.17, 15) is 13.2 Å². The zero-order valence-electron chi connectivity index (χ0n) is 7.42. The number of halogens is 3. The van der Waals surface area contributed by atoms with E-state index in [1.807, 2.05) is 0 Å². The lowest BCUT2D eigenvalue weighted by molar-refractivity contribution is -0.119. The van der Waals surface area contributed by atoms with Crippen LogP contribution >= 0.6 is 0 Å². The summed E-state index contributed by atoms with van der Waals surface area (Å²) < 4.78 is 36.3. The zero-order valence-corrected chi connectivity index (χ0v) is 7.42. The Morgan fingerprint density at radius 1 is 1.20 bits per heavy atom. The van der Waals surface area contributed by atoms with E-state index in [1.165, 1.54) is 30.3 Å². The molecule has 0 spiro atoms. The van der Waals surface area contributed by atoms with E-state index in [1.54, 1.807) is 6.07 Å². The van der Waals surface area contributed by atoms with Crippen molar-refractivity contribution in [1.82, 2.24) is 0 Å². The van der Waals surface area contributed by atoms with Crippen LogP contribution < -0.4 is 0 Å². The molecule has 0 radical (unpaired) electrons. The zero-order chi connectivity index (χ0) is 11.5. The molecule has 0 aliphatic heterocycles. The Kier molecular flexibility index (Phi) is 3.00.